The molecule has 1 aromatic heterocycles. The van der Waals surface area contributed by atoms with Crippen LogP contribution in [-0.4, -0.2) is 16.4 Å². The lowest BCUT2D eigenvalue weighted by Crippen LogP contribution is -2.22. The number of benzene rings is 2. The molecule has 4 rings (SSSR count). The zero-order valence-corrected chi connectivity index (χ0v) is 13.8. The standard InChI is InChI=1S/C20H19ClN2/c21-20-16-9-4-5-10-18(16)22-19-11-6-12-23(14-17(19)20)13-15-7-2-1-3-8-15/h1-5,7-10H,6,11-14H2. The van der Waals surface area contributed by atoms with E-state index in [0.717, 1.165) is 48.4 Å². The number of pyridine rings is 1. The quantitative estimate of drug-likeness (QED) is 0.671. The first-order valence-electron chi connectivity index (χ1n) is 8.13. The molecule has 3 heteroatoms. The number of rotatable bonds is 2. The van der Waals surface area contributed by atoms with E-state index in [9.17, 15) is 0 Å². The maximum absolute atomic E-state index is 6.73. The number of aromatic nitrogens is 1. The van der Waals surface area contributed by atoms with Crippen LogP contribution in [0.15, 0.2) is 54.6 Å². The smallest absolute Gasteiger partial charge is 0.0720 e. The fourth-order valence-electron chi connectivity index (χ4n) is 3.38. The second-order valence-corrected chi connectivity index (χ2v) is 6.55. The minimum atomic E-state index is 0.876. The lowest BCUT2D eigenvalue weighted by Gasteiger charge is -2.21. The zero-order chi connectivity index (χ0) is 15.6. The van der Waals surface area contributed by atoms with Crippen molar-refractivity contribution in [2.75, 3.05) is 6.54 Å². The van der Waals surface area contributed by atoms with Gasteiger partial charge in [-0.15, -0.1) is 0 Å². The molecule has 0 N–H and O–H groups in total. The predicted octanol–water partition coefficient (Wildman–Crippen LogP) is 4.84. The number of fused-ring (bicyclic) bond motifs is 2. The summed E-state index contributed by atoms with van der Waals surface area (Å²) >= 11 is 6.73. The van der Waals surface area contributed by atoms with Gasteiger partial charge in [-0.25, -0.2) is 0 Å². The van der Waals surface area contributed by atoms with Gasteiger partial charge in [0.2, 0.25) is 0 Å². The Kier molecular flexibility index (Phi) is 4.02. The van der Waals surface area contributed by atoms with Crippen LogP contribution in [0.25, 0.3) is 10.9 Å². The number of hydrogen-bond donors (Lipinski definition) is 0. The molecule has 0 spiro atoms. The van der Waals surface area contributed by atoms with E-state index < -0.39 is 0 Å². The number of nitrogens with zero attached hydrogens (tertiary/aromatic N) is 2. The fraction of sp³-hybridized carbons (Fsp3) is 0.250. The minimum Gasteiger partial charge on any atom is -0.295 e. The van der Waals surface area contributed by atoms with Crippen LogP contribution in [0.2, 0.25) is 5.02 Å². The van der Waals surface area contributed by atoms with Crippen LogP contribution >= 0.6 is 11.6 Å². The molecular weight excluding hydrogens is 304 g/mol. The van der Waals surface area contributed by atoms with E-state index in [1.807, 2.05) is 18.2 Å². The Bertz CT molecular complexity index is 830. The molecule has 2 aromatic carbocycles. The topological polar surface area (TPSA) is 16.1 Å². The highest BCUT2D eigenvalue weighted by atomic mass is 35.5. The molecule has 0 radical (unpaired) electrons. The summed E-state index contributed by atoms with van der Waals surface area (Å²) in [5, 5.41) is 1.94. The normalized spacial score (nSPS) is 15.3. The maximum atomic E-state index is 6.73. The van der Waals surface area contributed by atoms with E-state index in [2.05, 4.69) is 41.3 Å². The van der Waals surface area contributed by atoms with Gasteiger partial charge in [0.15, 0.2) is 0 Å². The third-order valence-electron chi connectivity index (χ3n) is 4.53. The first-order valence-corrected chi connectivity index (χ1v) is 8.51. The molecule has 23 heavy (non-hydrogen) atoms. The van der Waals surface area contributed by atoms with Crippen molar-refractivity contribution in [3.8, 4) is 0 Å². The summed E-state index contributed by atoms with van der Waals surface area (Å²) in [7, 11) is 0. The molecular formula is C20H19ClN2. The number of hydrogen-bond acceptors (Lipinski definition) is 2. The SMILES string of the molecule is Clc1c2c(nc3ccccc13)CCCN(Cc1ccccc1)C2. The lowest BCUT2D eigenvalue weighted by atomic mass is 10.1. The highest BCUT2D eigenvalue weighted by Gasteiger charge is 2.20. The van der Waals surface area contributed by atoms with Crippen LogP contribution in [0, 0.1) is 0 Å². The van der Waals surface area contributed by atoms with E-state index in [1.54, 1.807) is 0 Å². The molecule has 116 valence electrons. The molecule has 0 unspecified atom stereocenters. The van der Waals surface area contributed by atoms with Crippen LogP contribution in [0.5, 0.6) is 0 Å². The summed E-state index contributed by atoms with van der Waals surface area (Å²) in [5.74, 6) is 0. The van der Waals surface area contributed by atoms with Crippen molar-refractivity contribution in [3.63, 3.8) is 0 Å². The first kappa shape index (κ1) is 14.7. The van der Waals surface area contributed by atoms with Gasteiger partial charge in [-0.1, -0.05) is 60.1 Å². The monoisotopic (exact) mass is 322 g/mol. The number of aryl methyl sites for hydroxylation is 1. The molecule has 3 aromatic rings. The summed E-state index contributed by atoms with van der Waals surface area (Å²) in [4.78, 5) is 7.34. The molecule has 1 aliphatic heterocycles. The van der Waals surface area contributed by atoms with E-state index in [4.69, 9.17) is 16.6 Å². The molecule has 0 bridgehead atoms. The number of para-hydroxylation sites is 1. The summed E-state index contributed by atoms with van der Waals surface area (Å²) < 4.78 is 0. The predicted molar refractivity (Wildman–Crippen MR) is 95.6 cm³/mol. The molecule has 0 fully saturated rings. The summed E-state index contributed by atoms with van der Waals surface area (Å²) in [5.41, 5.74) is 4.73. The zero-order valence-electron chi connectivity index (χ0n) is 13.0. The van der Waals surface area contributed by atoms with Crippen molar-refractivity contribution in [3.05, 3.63) is 76.4 Å². The maximum Gasteiger partial charge on any atom is 0.0720 e. The molecule has 2 nitrogen and oxygen atoms in total. The first-order chi connectivity index (χ1) is 11.3. The Morgan fingerprint density at radius 2 is 1.78 bits per heavy atom. The van der Waals surface area contributed by atoms with Crippen molar-refractivity contribution in [2.45, 2.75) is 25.9 Å². The van der Waals surface area contributed by atoms with Crippen LogP contribution in [0.1, 0.15) is 23.2 Å². The van der Waals surface area contributed by atoms with Crippen LogP contribution in [0.3, 0.4) is 0 Å². The fourth-order valence-corrected chi connectivity index (χ4v) is 3.70. The van der Waals surface area contributed by atoms with Gasteiger partial charge in [0.05, 0.1) is 10.5 Å². The summed E-state index contributed by atoms with van der Waals surface area (Å²) in [6.45, 7) is 2.92. The molecule has 2 heterocycles. The Morgan fingerprint density at radius 1 is 1.00 bits per heavy atom. The average molecular weight is 323 g/mol. The highest BCUT2D eigenvalue weighted by molar-refractivity contribution is 6.36. The van der Waals surface area contributed by atoms with E-state index in [-0.39, 0.29) is 0 Å². The van der Waals surface area contributed by atoms with E-state index in [0.29, 0.717) is 0 Å². The summed E-state index contributed by atoms with van der Waals surface area (Å²) in [6, 6.07) is 18.8. The van der Waals surface area contributed by atoms with Gasteiger partial charge in [-0.2, -0.15) is 0 Å². The van der Waals surface area contributed by atoms with Crippen LogP contribution in [-0.2, 0) is 19.5 Å². The largest absolute Gasteiger partial charge is 0.295 e. The van der Waals surface area contributed by atoms with Crippen molar-refractivity contribution in [2.24, 2.45) is 0 Å². The van der Waals surface area contributed by atoms with E-state index in [1.165, 1.54) is 16.8 Å². The highest BCUT2D eigenvalue weighted by Crippen LogP contribution is 2.31. The van der Waals surface area contributed by atoms with Gasteiger partial charge in [-0.05, 0) is 31.0 Å². The molecule has 0 atom stereocenters. The van der Waals surface area contributed by atoms with Gasteiger partial charge in [0, 0.05) is 29.7 Å². The molecule has 0 aliphatic carbocycles. The van der Waals surface area contributed by atoms with Crippen molar-refractivity contribution in [1.82, 2.24) is 9.88 Å². The third kappa shape index (κ3) is 2.97. The van der Waals surface area contributed by atoms with Gasteiger partial charge >= 0.3 is 0 Å². The average Bonchev–Trinajstić information content (AvgIpc) is 2.78. The van der Waals surface area contributed by atoms with Crippen molar-refractivity contribution >= 4 is 22.5 Å². The van der Waals surface area contributed by atoms with Crippen LogP contribution < -0.4 is 0 Å². The van der Waals surface area contributed by atoms with E-state index >= 15 is 0 Å². The van der Waals surface area contributed by atoms with Gasteiger partial charge < -0.3 is 0 Å². The summed E-state index contributed by atoms with van der Waals surface area (Å²) in [6.07, 6.45) is 2.13. The molecule has 0 amide bonds. The molecule has 1 aliphatic rings. The van der Waals surface area contributed by atoms with Gasteiger partial charge in [0.25, 0.3) is 0 Å². The van der Waals surface area contributed by atoms with Crippen LogP contribution in [0.4, 0.5) is 0 Å². The Balaban J connectivity index is 1.69. The number of halogens is 1. The molecule has 0 saturated heterocycles. The third-order valence-corrected chi connectivity index (χ3v) is 4.96. The Hall–Kier alpha value is -1.90. The van der Waals surface area contributed by atoms with Gasteiger partial charge in [-0.3, -0.25) is 9.88 Å². The van der Waals surface area contributed by atoms with Crippen molar-refractivity contribution < 1.29 is 0 Å². The van der Waals surface area contributed by atoms with Crippen molar-refractivity contribution in [1.29, 1.82) is 0 Å². The minimum absolute atomic E-state index is 0.876. The van der Waals surface area contributed by atoms with Gasteiger partial charge in [0.1, 0.15) is 0 Å². The lowest BCUT2D eigenvalue weighted by molar-refractivity contribution is 0.261. The Labute approximate surface area is 141 Å². The molecule has 0 saturated carbocycles. The second kappa shape index (κ2) is 6.31. The Morgan fingerprint density at radius 3 is 2.65 bits per heavy atom. The second-order valence-electron chi connectivity index (χ2n) is 6.17.